The van der Waals surface area contributed by atoms with Crippen LogP contribution < -0.4 is 10.6 Å². The number of aromatic nitrogens is 1. The van der Waals surface area contributed by atoms with E-state index in [-0.39, 0.29) is 17.9 Å². The van der Waals surface area contributed by atoms with E-state index in [0.29, 0.717) is 5.56 Å². The zero-order valence-electron chi connectivity index (χ0n) is 11.9. The summed E-state index contributed by atoms with van der Waals surface area (Å²) >= 11 is 0. The van der Waals surface area contributed by atoms with Crippen LogP contribution in [-0.4, -0.2) is 28.9 Å². The van der Waals surface area contributed by atoms with Gasteiger partial charge in [0.15, 0.2) is 0 Å². The highest BCUT2D eigenvalue weighted by Crippen LogP contribution is 2.16. The van der Waals surface area contributed by atoms with E-state index in [2.05, 4.69) is 15.6 Å². The lowest BCUT2D eigenvalue weighted by molar-refractivity contribution is -0.123. The van der Waals surface area contributed by atoms with Gasteiger partial charge in [-0.25, -0.2) is 0 Å². The van der Waals surface area contributed by atoms with Crippen molar-refractivity contribution in [1.82, 2.24) is 15.6 Å². The third-order valence-electron chi connectivity index (χ3n) is 3.00. The van der Waals surface area contributed by atoms with Crippen LogP contribution in [-0.2, 0) is 4.79 Å². The van der Waals surface area contributed by atoms with Crippen LogP contribution in [0.3, 0.4) is 0 Å². The molecule has 5 nitrogen and oxygen atoms in total. The molecule has 0 aliphatic carbocycles. The van der Waals surface area contributed by atoms with E-state index < -0.39 is 6.04 Å². The first-order chi connectivity index (χ1) is 9.49. The second kappa shape index (κ2) is 5.77. The molecule has 0 bridgehead atoms. The molecule has 1 aromatic carbocycles. The van der Waals surface area contributed by atoms with Crippen LogP contribution in [0.15, 0.2) is 30.5 Å². The van der Waals surface area contributed by atoms with Crippen molar-refractivity contribution >= 4 is 22.7 Å². The number of amides is 2. The number of hydrogen-bond acceptors (Lipinski definition) is 2. The summed E-state index contributed by atoms with van der Waals surface area (Å²) in [5, 5.41) is 6.45. The molecule has 0 saturated carbocycles. The fraction of sp³-hybridized carbons (Fsp3) is 0.333. The van der Waals surface area contributed by atoms with Gasteiger partial charge >= 0.3 is 0 Å². The van der Waals surface area contributed by atoms with Gasteiger partial charge in [-0.3, -0.25) is 9.59 Å². The maximum Gasteiger partial charge on any atom is 0.254 e. The smallest absolute Gasteiger partial charge is 0.254 e. The number of hydrogen-bond donors (Lipinski definition) is 3. The number of benzene rings is 1. The van der Waals surface area contributed by atoms with Crippen molar-refractivity contribution in [2.24, 2.45) is 0 Å². The van der Waals surface area contributed by atoms with Gasteiger partial charge in [-0.05, 0) is 32.9 Å². The van der Waals surface area contributed by atoms with Gasteiger partial charge in [0.2, 0.25) is 5.91 Å². The van der Waals surface area contributed by atoms with Crippen LogP contribution >= 0.6 is 0 Å². The molecule has 106 valence electrons. The Labute approximate surface area is 117 Å². The van der Waals surface area contributed by atoms with Gasteiger partial charge in [0, 0.05) is 17.6 Å². The van der Waals surface area contributed by atoms with Crippen molar-refractivity contribution in [2.75, 3.05) is 0 Å². The SMILES string of the molecule is CC(C)NC(=O)C(C)NC(=O)c1cccc2cc[nH]c12. The van der Waals surface area contributed by atoms with Crippen molar-refractivity contribution in [3.63, 3.8) is 0 Å². The Morgan fingerprint density at radius 3 is 2.55 bits per heavy atom. The van der Waals surface area contributed by atoms with Gasteiger partial charge in [0.25, 0.3) is 5.91 Å². The fourth-order valence-corrected chi connectivity index (χ4v) is 2.02. The van der Waals surface area contributed by atoms with E-state index in [1.54, 1.807) is 19.2 Å². The second-order valence-electron chi connectivity index (χ2n) is 5.11. The Morgan fingerprint density at radius 2 is 1.85 bits per heavy atom. The van der Waals surface area contributed by atoms with Crippen LogP contribution in [0.25, 0.3) is 10.9 Å². The minimum atomic E-state index is -0.574. The molecule has 0 aliphatic heterocycles. The van der Waals surface area contributed by atoms with E-state index in [9.17, 15) is 9.59 Å². The molecule has 0 fully saturated rings. The van der Waals surface area contributed by atoms with Gasteiger partial charge in [-0.2, -0.15) is 0 Å². The molecule has 0 spiro atoms. The molecular formula is C15H19N3O2. The molecule has 2 aromatic rings. The standard InChI is InChI=1S/C15H19N3O2/c1-9(2)17-14(19)10(3)18-15(20)12-6-4-5-11-7-8-16-13(11)12/h4-10,16H,1-3H3,(H,17,19)(H,18,20). The molecule has 0 saturated heterocycles. The molecule has 1 aromatic heterocycles. The lowest BCUT2D eigenvalue weighted by Crippen LogP contribution is -2.46. The largest absolute Gasteiger partial charge is 0.361 e. The maximum absolute atomic E-state index is 12.2. The lowest BCUT2D eigenvalue weighted by atomic mass is 10.1. The summed E-state index contributed by atoms with van der Waals surface area (Å²) in [4.78, 5) is 27.1. The highest BCUT2D eigenvalue weighted by atomic mass is 16.2. The van der Waals surface area contributed by atoms with Crippen molar-refractivity contribution in [3.8, 4) is 0 Å². The first-order valence-corrected chi connectivity index (χ1v) is 6.66. The minimum Gasteiger partial charge on any atom is -0.361 e. The lowest BCUT2D eigenvalue weighted by Gasteiger charge is -2.16. The van der Waals surface area contributed by atoms with Crippen LogP contribution in [0.5, 0.6) is 0 Å². The van der Waals surface area contributed by atoms with E-state index in [1.807, 2.05) is 32.0 Å². The third kappa shape index (κ3) is 2.99. The number of fused-ring (bicyclic) bond motifs is 1. The summed E-state index contributed by atoms with van der Waals surface area (Å²) in [6, 6.07) is 6.87. The Bertz CT molecular complexity index is 631. The van der Waals surface area contributed by atoms with E-state index >= 15 is 0 Å². The summed E-state index contributed by atoms with van der Waals surface area (Å²) in [6.45, 7) is 5.43. The first-order valence-electron chi connectivity index (χ1n) is 6.66. The zero-order valence-corrected chi connectivity index (χ0v) is 11.9. The van der Waals surface area contributed by atoms with Crippen molar-refractivity contribution < 1.29 is 9.59 Å². The molecule has 2 amide bonds. The fourth-order valence-electron chi connectivity index (χ4n) is 2.02. The normalized spacial score (nSPS) is 12.4. The average Bonchev–Trinajstić information content (AvgIpc) is 2.85. The highest BCUT2D eigenvalue weighted by Gasteiger charge is 2.18. The first kappa shape index (κ1) is 14.1. The number of para-hydroxylation sites is 1. The van der Waals surface area contributed by atoms with Gasteiger partial charge < -0.3 is 15.6 Å². The molecule has 1 atom stereocenters. The summed E-state index contributed by atoms with van der Waals surface area (Å²) in [5.41, 5.74) is 1.32. The average molecular weight is 273 g/mol. The van der Waals surface area contributed by atoms with E-state index in [4.69, 9.17) is 0 Å². The number of H-pyrrole nitrogens is 1. The summed E-state index contributed by atoms with van der Waals surface area (Å²) in [7, 11) is 0. The van der Waals surface area contributed by atoms with Gasteiger partial charge in [0.1, 0.15) is 6.04 Å². The molecule has 2 rings (SSSR count). The van der Waals surface area contributed by atoms with Gasteiger partial charge in [0.05, 0.1) is 11.1 Å². The number of nitrogens with one attached hydrogen (secondary N) is 3. The number of carbonyl (C=O) groups is 2. The molecule has 5 heteroatoms. The molecule has 1 heterocycles. The maximum atomic E-state index is 12.2. The number of rotatable bonds is 4. The van der Waals surface area contributed by atoms with Crippen molar-refractivity contribution in [2.45, 2.75) is 32.9 Å². The summed E-state index contributed by atoms with van der Waals surface area (Å²) < 4.78 is 0. The summed E-state index contributed by atoms with van der Waals surface area (Å²) in [6.07, 6.45) is 1.79. The Morgan fingerprint density at radius 1 is 1.10 bits per heavy atom. The minimum absolute atomic E-state index is 0.0497. The topological polar surface area (TPSA) is 74.0 Å². The summed E-state index contributed by atoms with van der Waals surface area (Å²) in [5.74, 6) is -0.448. The molecule has 1 unspecified atom stereocenters. The Balaban J connectivity index is 2.12. The predicted octanol–water partition coefficient (Wildman–Crippen LogP) is 1.81. The number of carbonyl (C=O) groups excluding carboxylic acids is 2. The monoisotopic (exact) mass is 273 g/mol. The van der Waals surface area contributed by atoms with E-state index in [1.165, 1.54) is 0 Å². The predicted molar refractivity (Wildman–Crippen MR) is 78.5 cm³/mol. The highest BCUT2D eigenvalue weighted by molar-refractivity contribution is 6.06. The van der Waals surface area contributed by atoms with Crippen molar-refractivity contribution in [3.05, 3.63) is 36.0 Å². The van der Waals surface area contributed by atoms with E-state index in [0.717, 1.165) is 10.9 Å². The molecule has 3 N–H and O–H groups in total. The quantitative estimate of drug-likeness (QED) is 0.795. The molecule has 0 aliphatic rings. The number of aromatic amines is 1. The third-order valence-corrected chi connectivity index (χ3v) is 3.00. The molecular weight excluding hydrogens is 254 g/mol. The molecule has 0 radical (unpaired) electrons. The van der Waals surface area contributed by atoms with Crippen LogP contribution in [0, 0.1) is 0 Å². The Hall–Kier alpha value is -2.30. The zero-order chi connectivity index (χ0) is 14.7. The van der Waals surface area contributed by atoms with Crippen LogP contribution in [0.1, 0.15) is 31.1 Å². The van der Waals surface area contributed by atoms with Crippen LogP contribution in [0.4, 0.5) is 0 Å². The van der Waals surface area contributed by atoms with Crippen LogP contribution in [0.2, 0.25) is 0 Å². The second-order valence-corrected chi connectivity index (χ2v) is 5.11. The van der Waals surface area contributed by atoms with Gasteiger partial charge in [-0.1, -0.05) is 12.1 Å². The Kier molecular flexibility index (Phi) is 4.08. The molecule has 20 heavy (non-hydrogen) atoms. The van der Waals surface area contributed by atoms with Gasteiger partial charge in [-0.15, -0.1) is 0 Å². The van der Waals surface area contributed by atoms with Crippen molar-refractivity contribution in [1.29, 1.82) is 0 Å².